The summed E-state index contributed by atoms with van der Waals surface area (Å²) in [6.45, 7) is 7.28. The number of hydrogen-bond acceptors (Lipinski definition) is 3. The SMILES string of the molecule is CCc1cc(CNC(C)C)cc(-n2cccn2)n1. The smallest absolute Gasteiger partial charge is 0.153 e. The van der Waals surface area contributed by atoms with Crippen LogP contribution in [0.1, 0.15) is 32.0 Å². The van der Waals surface area contributed by atoms with Crippen LogP contribution in [0.3, 0.4) is 0 Å². The number of nitrogens with one attached hydrogen (secondary N) is 1. The first-order chi connectivity index (χ1) is 8.69. The Balaban J connectivity index is 2.27. The fraction of sp³-hybridized carbons (Fsp3) is 0.429. The fourth-order valence-electron chi connectivity index (χ4n) is 1.76. The number of aryl methyl sites for hydroxylation is 1. The lowest BCUT2D eigenvalue weighted by Gasteiger charge is -2.11. The van der Waals surface area contributed by atoms with Gasteiger partial charge in [0, 0.05) is 30.7 Å². The maximum atomic E-state index is 4.59. The molecular weight excluding hydrogens is 224 g/mol. The van der Waals surface area contributed by atoms with Gasteiger partial charge in [-0.25, -0.2) is 9.67 Å². The molecule has 2 aromatic heterocycles. The van der Waals surface area contributed by atoms with Crippen molar-refractivity contribution in [3.63, 3.8) is 0 Å². The van der Waals surface area contributed by atoms with Gasteiger partial charge in [0.15, 0.2) is 5.82 Å². The summed E-state index contributed by atoms with van der Waals surface area (Å²) < 4.78 is 1.80. The first-order valence-corrected chi connectivity index (χ1v) is 6.42. The highest BCUT2D eigenvalue weighted by Gasteiger charge is 2.04. The van der Waals surface area contributed by atoms with Crippen LogP contribution in [0.25, 0.3) is 5.82 Å². The highest BCUT2D eigenvalue weighted by molar-refractivity contribution is 5.30. The molecule has 0 aliphatic heterocycles. The van der Waals surface area contributed by atoms with E-state index in [1.54, 1.807) is 10.9 Å². The van der Waals surface area contributed by atoms with E-state index in [2.05, 4.69) is 48.3 Å². The molecule has 0 saturated heterocycles. The molecule has 18 heavy (non-hydrogen) atoms. The van der Waals surface area contributed by atoms with Gasteiger partial charge in [0.25, 0.3) is 0 Å². The van der Waals surface area contributed by atoms with Crippen molar-refractivity contribution in [3.8, 4) is 5.82 Å². The molecule has 0 aliphatic rings. The van der Waals surface area contributed by atoms with E-state index in [4.69, 9.17) is 0 Å². The predicted molar refractivity (Wildman–Crippen MR) is 72.7 cm³/mol. The number of aromatic nitrogens is 3. The third-order valence-corrected chi connectivity index (χ3v) is 2.74. The Morgan fingerprint density at radius 3 is 2.78 bits per heavy atom. The third-order valence-electron chi connectivity index (χ3n) is 2.74. The van der Waals surface area contributed by atoms with E-state index in [-0.39, 0.29) is 0 Å². The van der Waals surface area contributed by atoms with Crippen molar-refractivity contribution in [1.82, 2.24) is 20.1 Å². The van der Waals surface area contributed by atoms with E-state index in [0.717, 1.165) is 24.5 Å². The van der Waals surface area contributed by atoms with E-state index < -0.39 is 0 Å². The van der Waals surface area contributed by atoms with Crippen LogP contribution in [0.15, 0.2) is 30.6 Å². The van der Waals surface area contributed by atoms with Crippen molar-refractivity contribution >= 4 is 0 Å². The second-order valence-corrected chi connectivity index (χ2v) is 4.66. The van der Waals surface area contributed by atoms with Gasteiger partial charge in [0.2, 0.25) is 0 Å². The van der Waals surface area contributed by atoms with Gasteiger partial charge in [0.1, 0.15) is 0 Å². The minimum atomic E-state index is 0.483. The molecule has 4 nitrogen and oxygen atoms in total. The molecule has 0 spiro atoms. The summed E-state index contributed by atoms with van der Waals surface area (Å²) in [7, 11) is 0. The van der Waals surface area contributed by atoms with Gasteiger partial charge >= 0.3 is 0 Å². The van der Waals surface area contributed by atoms with E-state index >= 15 is 0 Å². The van der Waals surface area contributed by atoms with Crippen LogP contribution in [0.4, 0.5) is 0 Å². The molecule has 2 aromatic rings. The molecule has 0 saturated carbocycles. The highest BCUT2D eigenvalue weighted by atomic mass is 15.3. The Labute approximate surface area is 108 Å². The number of nitrogens with zero attached hydrogens (tertiary/aromatic N) is 3. The molecule has 0 atom stereocenters. The first-order valence-electron chi connectivity index (χ1n) is 6.42. The second-order valence-electron chi connectivity index (χ2n) is 4.66. The minimum absolute atomic E-state index is 0.483. The third kappa shape index (κ3) is 3.17. The lowest BCUT2D eigenvalue weighted by atomic mass is 10.2. The standard InChI is InChI=1S/C14H20N4/c1-4-13-8-12(10-15-11(2)3)9-14(17-13)18-7-5-6-16-18/h5-9,11,15H,4,10H2,1-3H3. The van der Waals surface area contributed by atoms with Gasteiger partial charge < -0.3 is 5.32 Å². The minimum Gasteiger partial charge on any atom is -0.310 e. The molecule has 96 valence electrons. The van der Waals surface area contributed by atoms with Gasteiger partial charge in [-0.1, -0.05) is 20.8 Å². The summed E-state index contributed by atoms with van der Waals surface area (Å²) >= 11 is 0. The lowest BCUT2D eigenvalue weighted by Crippen LogP contribution is -2.22. The van der Waals surface area contributed by atoms with Crippen LogP contribution in [0.5, 0.6) is 0 Å². The molecule has 0 aliphatic carbocycles. The Morgan fingerprint density at radius 2 is 2.17 bits per heavy atom. The molecule has 2 heterocycles. The summed E-state index contributed by atoms with van der Waals surface area (Å²) in [5.74, 6) is 0.889. The van der Waals surface area contributed by atoms with Crippen molar-refractivity contribution in [2.75, 3.05) is 0 Å². The van der Waals surface area contributed by atoms with Gasteiger partial charge in [-0.05, 0) is 30.2 Å². The molecular formula is C14H20N4. The number of pyridine rings is 1. The predicted octanol–water partition coefficient (Wildman–Crippen LogP) is 2.33. The fourth-order valence-corrected chi connectivity index (χ4v) is 1.76. The molecule has 0 aromatic carbocycles. The van der Waals surface area contributed by atoms with Gasteiger partial charge in [-0.3, -0.25) is 0 Å². The number of rotatable bonds is 5. The van der Waals surface area contributed by atoms with Crippen molar-refractivity contribution in [2.24, 2.45) is 0 Å². The van der Waals surface area contributed by atoms with E-state index in [1.807, 2.05) is 12.3 Å². The van der Waals surface area contributed by atoms with E-state index in [1.165, 1.54) is 5.56 Å². The molecule has 0 amide bonds. The molecule has 2 rings (SSSR count). The largest absolute Gasteiger partial charge is 0.310 e. The van der Waals surface area contributed by atoms with Gasteiger partial charge in [0.05, 0.1) is 0 Å². The van der Waals surface area contributed by atoms with E-state index in [9.17, 15) is 0 Å². The van der Waals surface area contributed by atoms with Gasteiger partial charge in [-0.2, -0.15) is 5.10 Å². The Morgan fingerprint density at radius 1 is 1.33 bits per heavy atom. The Bertz CT molecular complexity index is 489. The van der Waals surface area contributed by atoms with Crippen LogP contribution < -0.4 is 5.32 Å². The van der Waals surface area contributed by atoms with Crippen LogP contribution in [0.2, 0.25) is 0 Å². The molecule has 0 radical (unpaired) electrons. The van der Waals surface area contributed by atoms with Gasteiger partial charge in [-0.15, -0.1) is 0 Å². The monoisotopic (exact) mass is 244 g/mol. The van der Waals surface area contributed by atoms with Crippen LogP contribution in [-0.2, 0) is 13.0 Å². The first kappa shape index (κ1) is 12.8. The van der Waals surface area contributed by atoms with Crippen molar-refractivity contribution in [1.29, 1.82) is 0 Å². The molecule has 4 heteroatoms. The average Bonchev–Trinajstić information content (AvgIpc) is 2.89. The highest BCUT2D eigenvalue weighted by Crippen LogP contribution is 2.10. The summed E-state index contributed by atoms with van der Waals surface area (Å²) in [5, 5.41) is 7.66. The Kier molecular flexibility index (Phi) is 4.10. The van der Waals surface area contributed by atoms with E-state index in [0.29, 0.717) is 6.04 Å². The van der Waals surface area contributed by atoms with Crippen molar-refractivity contribution < 1.29 is 0 Å². The second kappa shape index (κ2) is 5.78. The van der Waals surface area contributed by atoms with Crippen molar-refractivity contribution in [2.45, 2.75) is 39.8 Å². The quantitative estimate of drug-likeness (QED) is 0.877. The molecule has 0 bridgehead atoms. The zero-order chi connectivity index (χ0) is 13.0. The average molecular weight is 244 g/mol. The van der Waals surface area contributed by atoms with Crippen LogP contribution >= 0.6 is 0 Å². The maximum absolute atomic E-state index is 4.59. The zero-order valence-corrected chi connectivity index (χ0v) is 11.2. The summed E-state index contributed by atoms with van der Waals surface area (Å²) in [6, 6.07) is 6.63. The topological polar surface area (TPSA) is 42.7 Å². The number of hydrogen-bond donors (Lipinski definition) is 1. The molecule has 0 unspecified atom stereocenters. The zero-order valence-electron chi connectivity index (χ0n) is 11.2. The van der Waals surface area contributed by atoms with Crippen molar-refractivity contribution in [3.05, 3.63) is 41.9 Å². The summed E-state index contributed by atoms with van der Waals surface area (Å²) in [4.78, 5) is 4.59. The molecule has 0 fully saturated rings. The normalized spacial score (nSPS) is 11.1. The summed E-state index contributed by atoms with van der Waals surface area (Å²) in [6.07, 6.45) is 4.62. The maximum Gasteiger partial charge on any atom is 0.153 e. The lowest BCUT2D eigenvalue weighted by molar-refractivity contribution is 0.587. The van der Waals surface area contributed by atoms with Crippen LogP contribution in [0, 0.1) is 0 Å². The molecule has 1 N–H and O–H groups in total. The Hall–Kier alpha value is -1.68. The summed E-state index contributed by atoms with van der Waals surface area (Å²) in [5.41, 5.74) is 2.35. The van der Waals surface area contributed by atoms with Crippen LogP contribution in [-0.4, -0.2) is 20.8 Å².